The summed E-state index contributed by atoms with van der Waals surface area (Å²) in [6.07, 6.45) is 1.60. The maximum atomic E-state index is 11.7. The molecule has 0 aliphatic carbocycles. The van der Waals surface area contributed by atoms with E-state index in [1.54, 1.807) is 25.4 Å². The summed E-state index contributed by atoms with van der Waals surface area (Å²) in [4.78, 5) is 22.8. The second-order valence-electron chi connectivity index (χ2n) is 4.09. The van der Waals surface area contributed by atoms with Gasteiger partial charge in [0.25, 0.3) is 5.56 Å². The van der Waals surface area contributed by atoms with Gasteiger partial charge < -0.3 is 15.0 Å². The Morgan fingerprint density at radius 1 is 1.50 bits per heavy atom. The number of nitrogens with one attached hydrogen (secondary N) is 2. The zero-order valence-corrected chi connectivity index (χ0v) is 11.8. The normalized spacial score (nSPS) is 10.7. The number of halogens is 1. The molecule has 2 rings (SSSR count). The molecule has 2 N–H and O–H groups in total. The molecule has 0 amide bonds. The van der Waals surface area contributed by atoms with Crippen LogP contribution in [0.4, 0.5) is 0 Å². The summed E-state index contributed by atoms with van der Waals surface area (Å²) in [6, 6.07) is 4.87. The maximum absolute atomic E-state index is 11.7. The van der Waals surface area contributed by atoms with Gasteiger partial charge in [-0.1, -0.05) is 11.6 Å². The van der Waals surface area contributed by atoms with Gasteiger partial charge in [-0.05, 0) is 12.1 Å². The Bertz CT molecular complexity index is 630. The molecule has 0 saturated carbocycles. The van der Waals surface area contributed by atoms with Crippen LogP contribution in [0.3, 0.4) is 0 Å². The van der Waals surface area contributed by atoms with Crippen molar-refractivity contribution < 1.29 is 4.74 Å². The topological polar surface area (TPSA) is 79.9 Å². The van der Waals surface area contributed by atoms with E-state index in [9.17, 15) is 4.79 Å². The molecule has 0 bridgehead atoms. The fraction of sp³-hybridized carbons (Fsp3) is 0.308. The Balaban J connectivity index is 2.21. The highest BCUT2D eigenvalue weighted by Gasteiger charge is 2.08. The maximum Gasteiger partial charge on any atom is 0.251 e. The van der Waals surface area contributed by atoms with Gasteiger partial charge in [-0.25, -0.2) is 4.98 Å². The van der Waals surface area contributed by atoms with E-state index in [2.05, 4.69) is 20.3 Å². The van der Waals surface area contributed by atoms with Crippen molar-refractivity contribution in [3.8, 4) is 11.5 Å². The third-order valence-electron chi connectivity index (χ3n) is 2.57. The molecule has 0 atom stereocenters. The molecule has 0 unspecified atom stereocenters. The molecule has 2 heterocycles. The summed E-state index contributed by atoms with van der Waals surface area (Å²) in [7, 11) is 1.63. The molecule has 0 spiro atoms. The fourth-order valence-corrected chi connectivity index (χ4v) is 1.87. The van der Waals surface area contributed by atoms with Crippen molar-refractivity contribution in [2.24, 2.45) is 0 Å². The molecule has 0 aliphatic rings. The Kier molecular flexibility index (Phi) is 5.23. The van der Waals surface area contributed by atoms with Gasteiger partial charge in [-0.2, -0.15) is 0 Å². The summed E-state index contributed by atoms with van der Waals surface area (Å²) < 4.78 is 4.93. The minimum Gasteiger partial charge on any atom is -0.383 e. The van der Waals surface area contributed by atoms with Crippen molar-refractivity contribution in [1.29, 1.82) is 0 Å². The predicted octanol–water partition coefficient (Wildman–Crippen LogP) is 1.22. The van der Waals surface area contributed by atoms with E-state index in [-0.39, 0.29) is 5.56 Å². The SMILES string of the molecule is COCCNCc1cc(=O)[nH]c(-c2ncccc2Cl)n1. The lowest BCUT2D eigenvalue weighted by molar-refractivity contribution is 0.199. The number of H-pyrrole nitrogens is 1. The summed E-state index contributed by atoms with van der Waals surface area (Å²) in [5, 5.41) is 3.57. The van der Waals surface area contributed by atoms with E-state index in [1.165, 1.54) is 6.07 Å². The number of rotatable bonds is 6. The van der Waals surface area contributed by atoms with Crippen molar-refractivity contribution in [1.82, 2.24) is 20.3 Å². The molecule has 2 aromatic heterocycles. The van der Waals surface area contributed by atoms with E-state index < -0.39 is 0 Å². The number of aromatic amines is 1. The Morgan fingerprint density at radius 2 is 2.35 bits per heavy atom. The molecule has 6 nitrogen and oxygen atoms in total. The molecule has 0 radical (unpaired) electrons. The van der Waals surface area contributed by atoms with Gasteiger partial charge in [0.1, 0.15) is 5.69 Å². The van der Waals surface area contributed by atoms with Crippen LogP contribution in [0.25, 0.3) is 11.5 Å². The number of nitrogens with zero attached hydrogens (tertiary/aromatic N) is 2. The first kappa shape index (κ1) is 14.6. The molecular formula is C13H15ClN4O2. The highest BCUT2D eigenvalue weighted by Crippen LogP contribution is 2.20. The van der Waals surface area contributed by atoms with E-state index in [1.807, 2.05) is 0 Å². The fourth-order valence-electron chi connectivity index (χ4n) is 1.66. The van der Waals surface area contributed by atoms with E-state index in [4.69, 9.17) is 16.3 Å². The van der Waals surface area contributed by atoms with E-state index in [0.29, 0.717) is 41.9 Å². The molecule has 106 valence electrons. The second kappa shape index (κ2) is 7.14. The largest absolute Gasteiger partial charge is 0.383 e. The van der Waals surface area contributed by atoms with Crippen LogP contribution in [0.2, 0.25) is 5.02 Å². The molecule has 0 aromatic carbocycles. The third-order valence-corrected chi connectivity index (χ3v) is 2.87. The van der Waals surface area contributed by atoms with Gasteiger partial charge in [0.05, 0.1) is 17.3 Å². The predicted molar refractivity (Wildman–Crippen MR) is 76.7 cm³/mol. The molecule has 0 aliphatic heterocycles. The molecular weight excluding hydrogens is 280 g/mol. The van der Waals surface area contributed by atoms with Crippen LogP contribution in [0.5, 0.6) is 0 Å². The van der Waals surface area contributed by atoms with Crippen molar-refractivity contribution in [2.75, 3.05) is 20.3 Å². The van der Waals surface area contributed by atoms with Crippen LogP contribution in [-0.2, 0) is 11.3 Å². The number of pyridine rings is 1. The molecule has 7 heteroatoms. The van der Waals surface area contributed by atoms with Crippen LogP contribution in [0.1, 0.15) is 5.69 Å². The lowest BCUT2D eigenvalue weighted by Gasteiger charge is -2.06. The lowest BCUT2D eigenvalue weighted by atomic mass is 10.3. The monoisotopic (exact) mass is 294 g/mol. The standard InChI is InChI=1S/C13H15ClN4O2/c1-20-6-5-15-8-9-7-11(19)18-13(17-9)12-10(14)3-2-4-16-12/h2-4,7,15H,5-6,8H2,1H3,(H,17,18,19). The van der Waals surface area contributed by atoms with Gasteiger partial charge >= 0.3 is 0 Å². The smallest absolute Gasteiger partial charge is 0.251 e. The van der Waals surface area contributed by atoms with Gasteiger partial charge in [0, 0.05) is 32.5 Å². The minimum absolute atomic E-state index is 0.236. The van der Waals surface area contributed by atoms with Gasteiger partial charge in [-0.3, -0.25) is 9.78 Å². The summed E-state index contributed by atoms with van der Waals surface area (Å²) in [6.45, 7) is 1.76. The Labute approximate surface area is 121 Å². The summed E-state index contributed by atoms with van der Waals surface area (Å²) in [5.74, 6) is 0.367. The molecule has 20 heavy (non-hydrogen) atoms. The first-order valence-electron chi connectivity index (χ1n) is 6.11. The first-order chi connectivity index (χ1) is 9.70. The van der Waals surface area contributed by atoms with Crippen molar-refractivity contribution in [3.05, 3.63) is 45.5 Å². The van der Waals surface area contributed by atoms with Gasteiger partial charge in [-0.15, -0.1) is 0 Å². The average molecular weight is 295 g/mol. The summed E-state index contributed by atoms with van der Waals surface area (Å²) in [5.41, 5.74) is 0.854. The number of ether oxygens (including phenoxy) is 1. The van der Waals surface area contributed by atoms with Crippen molar-refractivity contribution in [2.45, 2.75) is 6.54 Å². The zero-order chi connectivity index (χ0) is 14.4. The quantitative estimate of drug-likeness (QED) is 0.783. The molecule has 0 saturated heterocycles. The van der Waals surface area contributed by atoms with E-state index in [0.717, 1.165) is 0 Å². The summed E-state index contributed by atoms with van der Waals surface area (Å²) >= 11 is 6.05. The van der Waals surface area contributed by atoms with Crippen LogP contribution < -0.4 is 10.9 Å². The number of aromatic nitrogens is 3. The van der Waals surface area contributed by atoms with Crippen LogP contribution in [-0.4, -0.2) is 35.2 Å². The molecule has 2 aromatic rings. The Morgan fingerprint density at radius 3 is 3.10 bits per heavy atom. The van der Waals surface area contributed by atoms with Crippen molar-refractivity contribution in [3.63, 3.8) is 0 Å². The van der Waals surface area contributed by atoms with Crippen molar-refractivity contribution >= 4 is 11.6 Å². The van der Waals surface area contributed by atoms with Gasteiger partial charge in [0.15, 0.2) is 5.82 Å². The first-order valence-corrected chi connectivity index (χ1v) is 6.49. The average Bonchev–Trinajstić information content (AvgIpc) is 2.43. The highest BCUT2D eigenvalue weighted by atomic mass is 35.5. The van der Waals surface area contributed by atoms with Crippen LogP contribution >= 0.6 is 11.6 Å². The van der Waals surface area contributed by atoms with Crippen LogP contribution in [0, 0.1) is 0 Å². The lowest BCUT2D eigenvalue weighted by Crippen LogP contribution is -2.21. The zero-order valence-electron chi connectivity index (χ0n) is 11.0. The van der Waals surface area contributed by atoms with E-state index >= 15 is 0 Å². The minimum atomic E-state index is -0.236. The third kappa shape index (κ3) is 3.86. The second-order valence-corrected chi connectivity index (χ2v) is 4.50. The number of hydrogen-bond acceptors (Lipinski definition) is 5. The van der Waals surface area contributed by atoms with Gasteiger partial charge in [0.2, 0.25) is 0 Å². The molecule has 0 fully saturated rings. The van der Waals surface area contributed by atoms with Crippen LogP contribution in [0.15, 0.2) is 29.2 Å². The number of methoxy groups -OCH3 is 1. The number of hydrogen-bond donors (Lipinski definition) is 2. The Hall–Kier alpha value is -1.76. The highest BCUT2D eigenvalue weighted by molar-refractivity contribution is 6.32.